The van der Waals surface area contributed by atoms with E-state index in [1.54, 1.807) is 12.1 Å². The van der Waals surface area contributed by atoms with E-state index in [4.69, 9.17) is 16.3 Å². The molecule has 0 aliphatic carbocycles. The SMILES string of the molecule is OCC1(CNCc2ccc(F)c(Cl)c2)COC1. The molecular weight excluding hydrogens is 245 g/mol. The van der Waals surface area contributed by atoms with Gasteiger partial charge in [0.05, 0.1) is 30.3 Å². The fourth-order valence-electron chi connectivity index (χ4n) is 1.76. The number of rotatable bonds is 5. The monoisotopic (exact) mass is 259 g/mol. The van der Waals surface area contributed by atoms with Gasteiger partial charge in [0, 0.05) is 13.1 Å². The van der Waals surface area contributed by atoms with Gasteiger partial charge < -0.3 is 15.2 Å². The van der Waals surface area contributed by atoms with Gasteiger partial charge in [-0.05, 0) is 17.7 Å². The minimum absolute atomic E-state index is 0.115. The summed E-state index contributed by atoms with van der Waals surface area (Å²) in [5.41, 5.74) is 0.772. The lowest BCUT2D eigenvalue weighted by Crippen LogP contribution is -2.52. The molecule has 17 heavy (non-hydrogen) atoms. The third-order valence-corrected chi connectivity index (χ3v) is 3.25. The molecule has 1 aromatic carbocycles. The number of ether oxygens (including phenoxy) is 1. The van der Waals surface area contributed by atoms with Crippen LogP contribution in [0.1, 0.15) is 5.56 Å². The van der Waals surface area contributed by atoms with Gasteiger partial charge in [-0.25, -0.2) is 4.39 Å². The Hall–Kier alpha value is -0.680. The Kier molecular flexibility index (Phi) is 3.99. The molecule has 94 valence electrons. The maximum atomic E-state index is 12.9. The van der Waals surface area contributed by atoms with Crippen LogP contribution in [-0.2, 0) is 11.3 Å². The van der Waals surface area contributed by atoms with Crippen molar-refractivity contribution in [2.45, 2.75) is 6.54 Å². The molecule has 0 radical (unpaired) electrons. The molecule has 1 fully saturated rings. The fourth-order valence-corrected chi connectivity index (χ4v) is 1.96. The molecule has 0 saturated carbocycles. The van der Waals surface area contributed by atoms with Gasteiger partial charge >= 0.3 is 0 Å². The van der Waals surface area contributed by atoms with E-state index in [1.165, 1.54) is 6.07 Å². The van der Waals surface area contributed by atoms with Crippen molar-refractivity contribution in [2.24, 2.45) is 5.41 Å². The molecule has 0 amide bonds. The molecule has 2 rings (SSSR count). The Bertz CT molecular complexity index is 391. The Morgan fingerprint density at radius 1 is 1.47 bits per heavy atom. The zero-order valence-electron chi connectivity index (χ0n) is 9.38. The summed E-state index contributed by atoms with van der Waals surface area (Å²) < 4.78 is 18.0. The minimum Gasteiger partial charge on any atom is -0.396 e. The number of benzene rings is 1. The van der Waals surface area contributed by atoms with Crippen LogP contribution >= 0.6 is 11.6 Å². The molecule has 0 spiro atoms. The highest BCUT2D eigenvalue weighted by Gasteiger charge is 2.37. The summed E-state index contributed by atoms with van der Waals surface area (Å²) in [6, 6.07) is 4.65. The fraction of sp³-hybridized carbons (Fsp3) is 0.500. The average molecular weight is 260 g/mol. The normalized spacial score (nSPS) is 17.8. The van der Waals surface area contributed by atoms with Crippen molar-refractivity contribution in [1.82, 2.24) is 5.32 Å². The van der Waals surface area contributed by atoms with Crippen molar-refractivity contribution >= 4 is 11.6 Å². The second-order valence-corrected chi connectivity index (χ2v) is 4.91. The third kappa shape index (κ3) is 2.96. The van der Waals surface area contributed by atoms with Crippen molar-refractivity contribution in [3.63, 3.8) is 0 Å². The van der Waals surface area contributed by atoms with Crippen LogP contribution in [0, 0.1) is 11.2 Å². The zero-order valence-corrected chi connectivity index (χ0v) is 10.1. The van der Waals surface area contributed by atoms with Gasteiger partial charge in [0.15, 0.2) is 0 Å². The van der Waals surface area contributed by atoms with Gasteiger partial charge in [0.25, 0.3) is 0 Å². The topological polar surface area (TPSA) is 41.5 Å². The van der Waals surface area contributed by atoms with Crippen molar-refractivity contribution in [2.75, 3.05) is 26.4 Å². The number of hydrogen-bond donors (Lipinski definition) is 2. The minimum atomic E-state index is -0.408. The van der Waals surface area contributed by atoms with Gasteiger partial charge in [0.2, 0.25) is 0 Å². The van der Waals surface area contributed by atoms with Gasteiger partial charge in [-0.15, -0.1) is 0 Å². The van der Waals surface area contributed by atoms with E-state index in [0.717, 1.165) is 5.56 Å². The first-order chi connectivity index (χ1) is 8.15. The van der Waals surface area contributed by atoms with E-state index in [1.807, 2.05) is 0 Å². The summed E-state index contributed by atoms with van der Waals surface area (Å²) in [6.45, 7) is 2.56. The van der Waals surface area contributed by atoms with Crippen molar-refractivity contribution in [3.8, 4) is 0 Å². The number of hydrogen-bond acceptors (Lipinski definition) is 3. The van der Waals surface area contributed by atoms with E-state index in [-0.39, 0.29) is 17.0 Å². The number of aliphatic hydroxyl groups is 1. The lowest BCUT2D eigenvalue weighted by Gasteiger charge is -2.40. The highest BCUT2D eigenvalue weighted by atomic mass is 35.5. The van der Waals surface area contributed by atoms with Crippen LogP contribution < -0.4 is 5.32 Å². The molecule has 1 aliphatic rings. The molecule has 1 saturated heterocycles. The van der Waals surface area contributed by atoms with Crippen LogP contribution in [-0.4, -0.2) is 31.5 Å². The van der Waals surface area contributed by atoms with Crippen LogP contribution in [0.3, 0.4) is 0 Å². The van der Waals surface area contributed by atoms with Gasteiger partial charge in [0.1, 0.15) is 5.82 Å². The molecular formula is C12H15ClFNO2. The molecule has 5 heteroatoms. The number of aliphatic hydroxyl groups excluding tert-OH is 1. The molecule has 1 aromatic rings. The molecule has 0 aromatic heterocycles. The van der Waals surface area contributed by atoms with Gasteiger partial charge in [-0.2, -0.15) is 0 Å². The van der Waals surface area contributed by atoms with E-state index >= 15 is 0 Å². The molecule has 3 nitrogen and oxygen atoms in total. The van der Waals surface area contributed by atoms with E-state index in [9.17, 15) is 9.50 Å². The average Bonchev–Trinajstić information content (AvgIpc) is 2.27. The molecule has 2 N–H and O–H groups in total. The lowest BCUT2D eigenvalue weighted by molar-refractivity contribution is -0.134. The summed E-state index contributed by atoms with van der Waals surface area (Å²) >= 11 is 5.69. The quantitative estimate of drug-likeness (QED) is 0.844. The highest BCUT2D eigenvalue weighted by Crippen LogP contribution is 2.25. The van der Waals surface area contributed by atoms with Crippen LogP contribution in [0.4, 0.5) is 4.39 Å². The largest absolute Gasteiger partial charge is 0.396 e. The molecule has 0 bridgehead atoms. The first-order valence-electron chi connectivity index (χ1n) is 5.48. The first-order valence-corrected chi connectivity index (χ1v) is 5.86. The Morgan fingerprint density at radius 3 is 2.76 bits per heavy atom. The Labute approximate surface area is 105 Å². The van der Waals surface area contributed by atoms with Crippen LogP contribution in [0.25, 0.3) is 0 Å². The predicted octanol–water partition coefficient (Wildman–Crippen LogP) is 1.58. The van der Waals surface area contributed by atoms with E-state index in [0.29, 0.717) is 26.3 Å². The molecule has 1 heterocycles. The van der Waals surface area contributed by atoms with Crippen molar-refractivity contribution in [1.29, 1.82) is 0 Å². The summed E-state index contributed by atoms with van der Waals surface area (Å²) in [6.07, 6.45) is 0. The maximum Gasteiger partial charge on any atom is 0.141 e. The van der Waals surface area contributed by atoms with Gasteiger partial charge in [-0.1, -0.05) is 17.7 Å². The second-order valence-electron chi connectivity index (χ2n) is 4.50. The van der Waals surface area contributed by atoms with E-state index in [2.05, 4.69) is 5.32 Å². The smallest absolute Gasteiger partial charge is 0.141 e. The van der Waals surface area contributed by atoms with Crippen LogP contribution in [0.15, 0.2) is 18.2 Å². The Morgan fingerprint density at radius 2 is 2.24 bits per heavy atom. The molecule has 1 aliphatic heterocycles. The summed E-state index contributed by atoms with van der Waals surface area (Å²) in [7, 11) is 0. The van der Waals surface area contributed by atoms with Crippen molar-refractivity contribution in [3.05, 3.63) is 34.6 Å². The standard InChI is InChI=1S/C12H15ClFNO2/c13-10-3-9(1-2-11(10)14)4-15-5-12(6-16)7-17-8-12/h1-3,15-16H,4-8H2. The third-order valence-electron chi connectivity index (χ3n) is 2.97. The predicted molar refractivity (Wildman–Crippen MR) is 63.5 cm³/mol. The summed E-state index contributed by atoms with van der Waals surface area (Å²) in [5.74, 6) is -0.408. The van der Waals surface area contributed by atoms with Gasteiger partial charge in [-0.3, -0.25) is 0 Å². The maximum absolute atomic E-state index is 12.9. The first kappa shape index (κ1) is 12.8. The summed E-state index contributed by atoms with van der Waals surface area (Å²) in [4.78, 5) is 0. The second kappa shape index (κ2) is 5.31. The van der Waals surface area contributed by atoms with E-state index < -0.39 is 5.82 Å². The summed E-state index contributed by atoms with van der Waals surface area (Å²) in [5, 5.41) is 12.6. The molecule has 0 atom stereocenters. The number of halogens is 2. The lowest BCUT2D eigenvalue weighted by atomic mass is 9.87. The van der Waals surface area contributed by atoms with Crippen LogP contribution in [0.5, 0.6) is 0 Å². The van der Waals surface area contributed by atoms with Crippen molar-refractivity contribution < 1.29 is 14.2 Å². The number of nitrogens with one attached hydrogen (secondary N) is 1. The highest BCUT2D eigenvalue weighted by molar-refractivity contribution is 6.30. The molecule has 0 unspecified atom stereocenters. The van der Waals surface area contributed by atoms with Crippen LogP contribution in [0.2, 0.25) is 5.02 Å². The zero-order chi connectivity index (χ0) is 12.3. The Balaban J connectivity index is 1.83.